The fraction of sp³-hybridized carbons (Fsp3) is 0.882. The van der Waals surface area contributed by atoms with Crippen molar-refractivity contribution >= 4 is 0 Å². The first-order valence-corrected chi connectivity index (χ1v) is 8.52. The summed E-state index contributed by atoms with van der Waals surface area (Å²) in [5.74, 6) is -0.168. The molecule has 8 heteroatoms. The lowest BCUT2D eigenvalue weighted by Crippen LogP contribution is -2.58. The third-order valence-electron chi connectivity index (χ3n) is 6.63. The SMILES string of the molecule is C[C@]12CCC[C@H](O)C1CC=C2C1(CC(O)(C(F)(F)F)C(F)(F)F)CC1. The van der Waals surface area contributed by atoms with Gasteiger partial charge < -0.3 is 10.2 Å². The van der Waals surface area contributed by atoms with Crippen molar-refractivity contribution in [2.75, 3.05) is 0 Å². The van der Waals surface area contributed by atoms with Gasteiger partial charge in [0.2, 0.25) is 0 Å². The molecule has 0 spiro atoms. The maximum absolute atomic E-state index is 13.1. The summed E-state index contributed by atoms with van der Waals surface area (Å²) >= 11 is 0. The molecule has 3 aliphatic rings. The zero-order valence-corrected chi connectivity index (χ0v) is 13.8. The Labute approximate surface area is 141 Å². The first-order chi connectivity index (χ1) is 11.3. The molecule has 1 unspecified atom stereocenters. The van der Waals surface area contributed by atoms with Gasteiger partial charge in [0.1, 0.15) is 0 Å². The van der Waals surface area contributed by atoms with E-state index in [-0.39, 0.29) is 18.8 Å². The molecule has 0 aromatic rings. The van der Waals surface area contributed by atoms with E-state index >= 15 is 0 Å². The van der Waals surface area contributed by atoms with Crippen molar-refractivity contribution in [3.8, 4) is 0 Å². The van der Waals surface area contributed by atoms with E-state index < -0.39 is 41.3 Å². The Morgan fingerprint density at radius 1 is 1.08 bits per heavy atom. The lowest BCUT2D eigenvalue weighted by atomic mass is 9.61. The summed E-state index contributed by atoms with van der Waals surface area (Å²) in [6.07, 6.45) is -9.04. The highest BCUT2D eigenvalue weighted by atomic mass is 19.4. The van der Waals surface area contributed by atoms with Crippen LogP contribution in [0.4, 0.5) is 26.3 Å². The minimum Gasteiger partial charge on any atom is -0.393 e. The minimum atomic E-state index is -5.79. The summed E-state index contributed by atoms with van der Waals surface area (Å²) in [6, 6.07) is 0. The number of allylic oxidation sites excluding steroid dienone is 2. The molecule has 0 bridgehead atoms. The zero-order chi connectivity index (χ0) is 18.9. The lowest BCUT2D eigenvalue weighted by Gasteiger charge is -2.45. The van der Waals surface area contributed by atoms with Crippen molar-refractivity contribution in [1.82, 2.24) is 0 Å². The van der Waals surface area contributed by atoms with Gasteiger partial charge in [-0.05, 0) is 55.3 Å². The van der Waals surface area contributed by atoms with Gasteiger partial charge in [0.05, 0.1) is 6.10 Å². The number of alkyl halides is 6. The standard InChI is InChI=1S/C17H22F6O2/c1-13-6-2-3-11(24)10(13)4-5-12(13)14(7-8-14)9-15(25,16(18,19)20)17(21,22)23/h5,10-11,24-25H,2-4,6-9H2,1H3/t10?,11-,13-/m0/s1. The Morgan fingerprint density at radius 2 is 1.64 bits per heavy atom. The summed E-state index contributed by atoms with van der Waals surface area (Å²) in [4.78, 5) is 0. The minimum absolute atomic E-state index is 0.168. The van der Waals surface area contributed by atoms with Crippen LogP contribution < -0.4 is 0 Å². The summed E-state index contributed by atoms with van der Waals surface area (Å²) in [5.41, 5.74) is -6.00. The van der Waals surface area contributed by atoms with Crippen LogP contribution in [0, 0.1) is 16.7 Å². The highest BCUT2D eigenvalue weighted by Gasteiger charge is 2.74. The average molecular weight is 372 g/mol. The molecule has 0 aromatic carbocycles. The van der Waals surface area contributed by atoms with E-state index in [9.17, 15) is 36.6 Å². The van der Waals surface area contributed by atoms with Gasteiger partial charge in [-0.25, -0.2) is 0 Å². The predicted molar refractivity (Wildman–Crippen MR) is 77.5 cm³/mol. The molecule has 3 rings (SSSR count). The molecule has 0 aliphatic heterocycles. The summed E-state index contributed by atoms with van der Waals surface area (Å²) in [5, 5.41) is 19.8. The fourth-order valence-corrected chi connectivity index (χ4v) is 5.08. The molecule has 2 saturated carbocycles. The van der Waals surface area contributed by atoms with Crippen LogP contribution in [0.15, 0.2) is 11.6 Å². The van der Waals surface area contributed by atoms with Crippen LogP contribution in [-0.4, -0.2) is 34.3 Å². The largest absolute Gasteiger partial charge is 0.426 e. The number of rotatable bonds is 3. The Kier molecular flexibility index (Phi) is 4.09. The van der Waals surface area contributed by atoms with E-state index in [0.717, 1.165) is 0 Å². The van der Waals surface area contributed by atoms with Gasteiger partial charge in [-0.1, -0.05) is 18.6 Å². The number of fused-ring (bicyclic) bond motifs is 1. The molecule has 2 fully saturated rings. The monoisotopic (exact) mass is 372 g/mol. The molecule has 2 nitrogen and oxygen atoms in total. The predicted octanol–water partition coefficient (Wildman–Crippen LogP) is 4.51. The second-order valence-corrected chi connectivity index (χ2v) is 8.15. The zero-order valence-electron chi connectivity index (χ0n) is 13.8. The summed E-state index contributed by atoms with van der Waals surface area (Å²) in [6.45, 7) is 1.83. The third-order valence-corrected chi connectivity index (χ3v) is 6.63. The molecule has 25 heavy (non-hydrogen) atoms. The van der Waals surface area contributed by atoms with Crippen molar-refractivity contribution in [3.63, 3.8) is 0 Å². The molecule has 144 valence electrons. The van der Waals surface area contributed by atoms with Crippen molar-refractivity contribution < 1.29 is 36.6 Å². The van der Waals surface area contributed by atoms with Gasteiger partial charge in [0.25, 0.3) is 5.60 Å². The molecular weight excluding hydrogens is 350 g/mol. The quantitative estimate of drug-likeness (QED) is 0.565. The first-order valence-electron chi connectivity index (χ1n) is 8.52. The van der Waals surface area contributed by atoms with Crippen LogP contribution in [0.2, 0.25) is 0 Å². The van der Waals surface area contributed by atoms with E-state index in [2.05, 4.69) is 0 Å². The summed E-state index contributed by atoms with van der Waals surface area (Å²) < 4.78 is 78.6. The third kappa shape index (κ3) is 2.71. The van der Waals surface area contributed by atoms with Crippen molar-refractivity contribution in [2.24, 2.45) is 16.7 Å². The second kappa shape index (κ2) is 5.38. The van der Waals surface area contributed by atoms with E-state index in [0.29, 0.717) is 31.3 Å². The highest BCUT2D eigenvalue weighted by molar-refractivity contribution is 5.35. The van der Waals surface area contributed by atoms with E-state index in [1.807, 2.05) is 6.92 Å². The van der Waals surface area contributed by atoms with Crippen LogP contribution in [0.5, 0.6) is 0 Å². The summed E-state index contributed by atoms with van der Waals surface area (Å²) in [7, 11) is 0. The molecular formula is C17H22F6O2. The van der Waals surface area contributed by atoms with Crippen LogP contribution >= 0.6 is 0 Å². The lowest BCUT2D eigenvalue weighted by molar-refractivity contribution is -0.373. The number of aliphatic hydroxyl groups excluding tert-OH is 1. The highest BCUT2D eigenvalue weighted by Crippen LogP contribution is 2.69. The van der Waals surface area contributed by atoms with Gasteiger partial charge in [0, 0.05) is 6.42 Å². The van der Waals surface area contributed by atoms with Gasteiger partial charge in [0.15, 0.2) is 0 Å². The van der Waals surface area contributed by atoms with Gasteiger partial charge in [-0.15, -0.1) is 0 Å². The number of hydrogen-bond donors (Lipinski definition) is 2. The van der Waals surface area contributed by atoms with E-state index in [1.54, 1.807) is 6.08 Å². The number of halogens is 6. The smallest absolute Gasteiger partial charge is 0.393 e. The normalized spacial score (nSPS) is 35.3. The second-order valence-electron chi connectivity index (χ2n) is 8.15. The van der Waals surface area contributed by atoms with Gasteiger partial charge in [-0.2, -0.15) is 26.3 Å². The molecule has 3 atom stereocenters. The van der Waals surface area contributed by atoms with Gasteiger partial charge >= 0.3 is 12.4 Å². The van der Waals surface area contributed by atoms with Crippen molar-refractivity contribution in [2.45, 2.75) is 75.9 Å². The maximum Gasteiger partial charge on any atom is 0.426 e. The number of aliphatic hydroxyl groups is 2. The average Bonchev–Trinajstić information content (AvgIpc) is 3.10. The van der Waals surface area contributed by atoms with Crippen LogP contribution in [-0.2, 0) is 0 Å². The molecule has 0 heterocycles. The van der Waals surface area contributed by atoms with Crippen molar-refractivity contribution in [1.29, 1.82) is 0 Å². The Bertz CT molecular complexity index is 561. The van der Waals surface area contributed by atoms with Crippen LogP contribution in [0.1, 0.15) is 51.9 Å². The Balaban J connectivity index is 1.93. The van der Waals surface area contributed by atoms with E-state index in [1.165, 1.54) is 0 Å². The molecule has 0 radical (unpaired) electrons. The van der Waals surface area contributed by atoms with Gasteiger partial charge in [-0.3, -0.25) is 0 Å². The molecule has 3 aliphatic carbocycles. The van der Waals surface area contributed by atoms with E-state index in [4.69, 9.17) is 0 Å². The molecule has 0 amide bonds. The van der Waals surface area contributed by atoms with Crippen LogP contribution in [0.25, 0.3) is 0 Å². The van der Waals surface area contributed by atoms with Crippen molar-refractivity contribution in [3.05, 3.63) is 11.6 Å². The molecule has 2 N–H and O–H groups in total. The molecule has 0 saturated heterocycles. The number of hydrogen-bond acceptors (Lipinski definition) is 2. The maximum atomic E-state index is 13.1. The Morgan fingerprint density at radius 3 is 2.12 bits per heavy atom. The Hall–Kier alpha value is -0.760. The fourth-order valence-electron chi connectivity index (χ4n) is 5.08. The first kappa shape index (κ1) is 19.0. The molecule has 0 aromatic heterocycles. The topological polar surface area (TPSA) is 40.5 Å². The van der Waals surface area contributed by atoms with Crippen LogP contribution in [0.3, 0.4) is 0 Å².